The van der Waals surface area contributed by atoms with Gasteiger partial charge in [0.05, 0.1) is 5.56 Å². The first kappa shape index (κ1) is 13.0. The Bertz CT molecular complexity index is 475. The number of carbonyl (C=O) groups excluding carboxylic acids is 1. The topological polar surface area (TPSA) is 37.3 Å². The molecule has 1 N–H and O–H groups in total. The van der Waals surface area contributed by atoms with E-state index in [0.29, 0.717) is 5.56 Å². The molecule has 0 aliphatic heterocycles. The molecule has 0 aliphatic carbocycles. The van der Waals surface area contributed by atoms with Crippen molar-refractivity contribution in [3.05, 3.63) is 65.7 Å². The Kier molecular flexibility index (Phi) is 4.95. The molecule has 0 amide bonds. The van der Waals surface area contributed by atoms with E-state index in [1.54, 1.807) is 18.2 Å². The summed E-state index contributed by atoms with van der Waals surface area (Å²) < 4.78 is 0. The molecule has 0 radical (unpaired) electrons. The quantitative estimate of drug-likeness (QED) is 0.757. The highest BCUT2D eigenvalue weighted by molar-refractivity contribution is 5.96. The summed E-state index contributed by atoms with van der Waals surface area (Å²) in [6, 6.07) is 16.8. The van der Waals surface area contributed by atoms with Crippen LogP contribution in [0.15, 0.2) is 54.6 Å². The number of Topliss-reactive ketones (excluding diaryl/α,β-unsaturated/α-hetero) is 1. The van der Waals surface area contributed by atoms with Gasteiger partial charge >= 0.3 is 0 Å². The fourth-order valence-corrected chi connectivity index (χ4v) is 1.31. The highest BCUT2D eigenvalue weighted by Crippen LogP contribution is 2.15. The number of phenolic OH excluding ortho intramolecular Hbond substituents is 1. The standard InChI is InChI=1S/C8H8O2.C7H8/c1-6(9)7-4-2-3-5-8(7)10;1-7-5-3-2-4-6-7/h2-5,10H,1H3;2-6H,1H3. The number of rotatable bonds is 1. The van der Waals surface area contributed by atoms with Crippen molar-refractivity contribution in [1.82, 2.24) is 0 Å². The molecule has 0 heterocycles. The first-order chi connectivity index (χ1) is 8.11. The first-order valence-corrected chi connectivity index (χ1v) is 5.42. The molecular weight excluding hydrogens is 212 g/mol. The molecule has 2 aromatic carbocycles. The van der Waals surface area contributed by atoms with E-state index in [1.165, 1.54) is 18.6 Å². The number of para-hydroxylation sites is 1. The molecule has 0 saturated carbocycles. The second kappa shape index (κ2) is 6.48. The van der Waals surface area contributed by atoms with E-state index < -0.39 is 0 Å². The summed E-state index contributed by atoms with van der Waals surface area (Å²) >= 11 is 0. The van der Waals surface area contributed by atoms with Crippen LogP contribution in [0.4, 0.5) is 0 Å². The van der Waals surface area contributed by atoms with Gasteiger partial charge in [-0.25, -0.2) is 0 Å². The number of hydrogen-bond donors (Lipinski definition) is 1. The molecule has 0 atom stereocenters. The van der Waals surface area contributed by atoms with Crippen LogP contribution in [0, 0.1) is 6.92 Å². The van der Waals surface area contributed by atoms with Crippen LogP contribution in [-0.4, -0.2) is 10.9 Å². The molecule has 17 heavy (non-hydrogen) atoms. The third-order valence-corrected chi connectivity index (χ3v) is 2.22. The number of hydrogen-bond acceptors (Lipinski definition) is 2. The number of aryl methyl sites for hydroxylation is 1. The SMILES string of the molecule is CC(=O)c1ccccc1O.Cc1ccccc1. The normalized spacial score (nSPS) is 9.06. The van der Waals surface area contributed by atoms with Crippen molar-refractivity contribution in [3.8, 4) is 5.75 Å². The van der Waals surface area contributed by atoms with Gasteiger partial charge in [0.25, 0.3) is 0 Å². The third kappa shape index (κ3) is 4.51. The maximum atomic E-state index is 10.7. The smallest absolute Gasteiger partial charge is 0.163 e. The van der Waals surface area contributed by atoms with Crippen LogP contribution in [-0.2, 0) is 0 Å². The van der Waals surface area contributed by atoms with E-state index in [4.69, 9.17) is 5.11 Å². The first-order valence-electron chi connectivity index (χ1n) is 5.42. The van der Waals surface area contributed by atoms with Crippen molar-refractivity contribution in [2.75, 3.05) is 0 Å². The van der Waals surface area contributed by atoms with E-state index >= 15 is 0 Å². The molecule has 0 aromatic heterocycles. The zero-order valence-corrected chi connectivity index (χ0v) is 10.1. The maximum absolute atomic E-state index is 10.7. The van der Waals surface area contributed by atoms with Gasteiger partial charge in [-0.2, -0.15) is 0 Å². The highest BCUT2D eigenvalue weighted by atomic mass is 16.3. The summed E-state index contributed by atoms with van der Waals surface area (Å²) in [4.78, 5) is 10.7. The Morgan fingerprint density at radius 3 is 1.82 bits per heavy atom. The van der Waals surface area contributed by atoms with E-state index in [9.17, 15) is 4.79 Å². The molecule has 88 valence electrons. The summed E-state index contributed by atoms with van der Waals surface area (Å²) in [5.74, 6) is -0.0619. The van der Waals surface area contributed by atoms with Crippen molar-refractivity contribution in [3.63, 3.8) is 0 Å². The minimum Gasteiger partial charge on any atom is -0.507 e. The van der Waals surface area contributed by atoms with E-state index in [0.717, 1.165) is 0 Å². The Morgan fingerprint density at radius 2 is 1.47 bits per heavy atom. The minimum absolute atomic E-state index is 0.0509. The second-order valence-electron chi connectivity index (χ2n) is 3.73. The van der Waals surface area contributed by atoms with Gasteiger partial charge in [-0.05, 0) is 26.0 Å². The average molecular weight is 228 g/mol. The fraction of sp³-hybridized carbons (Fsp3) is 0.133. The van der Waals surface area contributed by atoms with Crippen LogP contribution < -0.4 is 0 Å². The summed E-state index contributed by atoms with van der Waals surface area (Å²) in [7, 11) is 0. The van der Waals surface area contributed by atoms with Gasteiger partial charge in [0.2, 0.25) is 0 Å². The van der Waals surface area contributed by atoms with E-state index in [2.05, 4.69) is 19.1 Å². The summed E-state index contributed by atoms with van der Waals surface area (Å²) in [5, 5.41) is 9.06. The predicted molar refractivity (Wildman–Crippen MR) is 69.3 cm³/mol. The predicted octanol–water partition coefficient (Wildman–Crippen LogP) is 3.59. The van der Waals surface area contributed by atoms with Gasteiger partial charge in [0.15, 0.2) is 5.78 Å². The Morgan fingerprint density at radius 1 is 0.941 bits per heavy atom. The minimum atomic E-state index is -0.113. The molecule has 0 unspecified atom stereocenters. The van der Waals surface area contributed by atoms with Crippen molar-refractivity contribution >= 4 is 5.78 Å². The highest BCUT2D eigenvalue weighted by Gasteiger charge is 2.02. The molecule has 2 rings (SSSR count). The number of phenols is 1. The summed E-state index contributed by atoms with van der Waals surface area (Å²) in [6.45, 7) is 3.51. The Hall–Kier alpha value is -2.09. The molecule has 2 heteroatoms. The van der Waals surface area contributed by atoms with Crippen LogP contribution in [0.2, 0.25) is 0 Å². The van der Waals surface area contributed by atoms with Crippen molar-refractivity contribution in [1.29, 1.82) is 0 Å². The molecule has 0 saturated heterocycles. The second-order valence-corrected chi connectivity index (χ2v) is 3.73. The molecule has 0 spiro atoms. The molecule has 0 fully saturated rings. The zero-order chi connectivity index (χ0) is 12.7. The number of aromatic hydroxyl groups is 1. The Balaban J connectivity index is 0.000000181. The van der Waals surface area contributed by atoms with Crippen molar-refractivity contribution < 1.29 is 9.90 Å². The van der Waals surface area contributed by atoms with E-state index in [1.807, 2.05) is 18.2 Å². The molecular formula is C15H16O2. The summed E-state index contributed by atoms with van der Waals surface area (Å²) in [5.41, 5.74) is 1.70. The van der Waals surface area contributed by atoms with Gasteiger partial charge in [-0.15, -0.1) is 0 Å². The lowest BCUT2D eigenvalue weighted by Crippen LogP contribution is -1.90. The van der Waals surface area contributed by atoms with Crippen LogP contribution in [0.3, 0.4) is 0 Å². The van der Waals surface area contributed by atoms with Crippen molar-refractivity contribution in [2.24, 2.45) is 0 Å². The molecule has 2 aromatic rings. The monoisotopic (exact) mass is 228 g/mol. The number of carbonyl (C=O) groups is 1. The maximum Gasteiger partial charge on any atom is 0.163 e. The van der Waals surface area contributed by atoms with Gasteiger partial charge < -0.3 is 5.11 Å². The average Bonchev–Trinajstić information content (AvgIpc) is 2.31. The van der Waals surface area contributed by atoms with Gasteiger partial charge in [0.1, 0.15) is 5.75 Å². The molecule has 0 aliphatic rings. The molecule has 0 bridgehead atoms. The lowest BCUT2D eigenvalue weighted by Gasteiger charge is -1.96. The van der Waals surface area contributed by atoms with Gasteiger partial charge in [0, 0.05) is 0 Å². The van der Waals surface area contributed by atoms with Crippen LogP contribution >= 0.6 is 0 Å². The largest absolute Gasteiger partial charge is 0.507 e. The zero-order valence-electron chi connectivity index (χ0n) is 10.1. The van der Waals surface area contributed by atoms with Gasteiger partial charge in [-0.3, -0.25) is 4.79 Å². The molecule has 2 nitrogen and oxygen atoms in total. The number of ketones is 1. The lowest BCUT2D eigenvalue weighted by atomic mass is 10.1. The van der Waals surface area contributed by atoms with E-state index in [-0.39, 0.29) is 11.5 Å². The number of benzene rings is 2. The van der Waals surface area contributed by atoms with Crippen LogP contribution in [0.1, 0.15) is 22.8 Å². The van der Waals surface area contributed by atoms with Crippen LogP contribution in [0.25, 0.3) is 0 Å². The third-order valence-electron chi connectivity index (χ3n) is 2.22. The van der Waals surface area contributed by atoms with Crippen LogP contribution in [0.5, 0.6) is 5.75 Å². The fourth-order valence-electron chi connectivity index (χ4n) is 1.31. The summed E-state index contributed by atoms with van der Waals surface area (Å²) in [6.07, 6.45) is 0. The Labute approximate surface area is 102 Å². The lowest BCUT2D eigenvalue weighted by molar-refractivity contribution is 0.101. The van der Waals surface area contributed by atoms with Gasteiger partial charge in [-0.1, -0.05) is 48.0 Å². The van der Waals surface area contributed by atoms with Crippen molar-refractivity contribution in [2.45, 2.75) is 13.8 Å².